The Morgan fingerprint density at radius 2 is 0.415 bits per heavy atom. The van der Waals surface area contributed by atoms with Crippen molar-refractivity contribution in [2.45, 2.75) is 348 Å². The van der Waals surface area contributed by atoms with E-state index >= 15 is 0 Å². The van der Waals surface area contributed by atoms with E-state index in [1.165, 1.54) is 244 Å². The van der Waals surface area contributed by atoms with Gasteiger partial charge in [-0.1, -0.05) is 303 Å². The quantitative estimate of drug-likeness (QED) is 0.0344. The number of carbonyl (C=O) groups is 3. The van der Waals surface area contributed by atoms with E-state index in [1.807, 2.05) is 0 Å². The first-order chi connectivity index (χ1) is 32.0. The first-order valence-corrected chi connectivity index (χ1v) is 29.5. The lowest BCUT2D eigenvalue weighted by Gasteiger charge is -2.18. The van der Waals surface area contributed by atoms with Gasteiger partial charge in [0.15, 0.2) is 6.10 Å². The number of esters is 3. The third-order valence-corrected chi connectivity index (χ3v) is 13.6. The van der Waals surface area contributed by atoms with Crippen molar-refractivity contribution in [3.8, 4) is 0 Å². The van der Waals surface area contributed by atoms with Gasteiger partial charge in [-0.3, -0.25) is 14.4 Å². The van der Waals surface area contributed by atoms with Gasteiger partial charge in [0.1, 0.15) is 13.2 Å². The summed E-state index contributed by atoms with van der Waals surface area (Å²) in [5.74, 6) is -0.832. The maximum atomic E-state index is 12.9. The molecule has 65 heavy (non-hydrogen) atoms. The summed E-state index contributed by atoms with van der Waals surface area (Å²) in [5, 5.41) is 0. The Bertz CT molecular complexity index is 967. The van der Waals surface area contributed by atoms with Crippen LogP contribution in [0.5, 0.6) is 0 Å². The highest BCUT2D eigenvalue weighted by Crippen LogP contribution is 2.18. The van der Waals surface area contributed by atoms with Crippen LogP contribution < -0.4 is 0 Å². The lowest BCUT2D eigenvalue weighted by molar-refractivity contribution is -0.167. The zero-order valence-electron chi connectivity index (χ0n) is 44.3. The predicted molar refractivity (Wildman–Crippen MR) is 280 cm³/mol. The molecule has 6 heteroatoms. The smallest absolute Gasteiger partial charge is 0.306 e. The van der Waals surface area contributed by atoms with Crippen LogP contribution in [-0.2, 0) is 28.6 Å². The van der Waals surface area contributed by atoms with E-state index in [2.05, 4.69) is 20.8 Å². The van der Waals surface area contributed by atoms with Crippen molar-refractivity contribution >= 4 is 17.9 Å². The van der Waals surface area contributed by atoms with Gasteiger partial charge < -0.3 is 14.2 Å². The maximum Gasteiger partial charge on any atom is 0.306 e. The Morgan fingerprint density at radius 3 is 0.615 bits per heavy atom. The number of rotatable bonds is 55. The fourth-order valence-electron chi connectivity index (χ4n) is 9.15. The van der Waals surface area contributed by atoms with Gasteiger partial charge in [-0.05, 0) is 19.3 Å². The van der Waals surface area contributed by atoms with E-state index in [0.717, 1.165) is 57.8 Å². The van der Waals surface area contributed by atoms with E-state index in [0.29, 0.717) is 19.3 Å². The first kappa shape index (κ1) is 63.4. The third-order valence-electron chi connectivity index (χ3n) is 13.6. The standard InChI is InChI=1S/C59H114O6/c1-4-7-10-13-16-19-22-24-26-28-29-31-33-35-38-41-44-47-50-53-59(62)65-56(54-63-57(60)51-48-45-42-39-36-21-18-15-12-9-6-3)55-64-58(61)52-49-46-43-40-37-34-32-30-27-25-23-20-17-14-11-8-5-2/h56H,4-55H2,1-3H3/t56-/m1/s1. The maximum absolute atomic E-state index is 12.9. The van der Waals surface area contributed by atoms with E-state index in [4.69, 9.17) is 14.2 Å². The summed E-state index contributed by atoms with van der Waals surface area (Å²) in [6.45, 7) is 6.70. The monoisotopic (exact) mass is 919 g/mol. The molecule has 0 aromatic rings. The molecule has 0 aromatic heterocycles. The highest BCUT2D eigenvalue weighted by Gasteiger charge is 2.19. The molecule has 0 aliphatic heterocycles. The van der Waals surface area contributed by atoms with E-state index < -0.39 is 6.10 Å². The number of unbranched alkanes of at least 4 members (excludes halogenated alkanes) is 44. The highest BCUT2D eigenvalue weighted by atomic mass is 16.6. The van der Waals surface area contributed by atoms with Gasteiger partial charge in [-0.25, -0.2) is 0 Å². The summed E-state index contributed by atoms with van der Waals surface area (Å²) in [6.07, 6.45) is 61.0. The molecule has 0 rings (SSSR count). The minimum atomic E-state index is -0.761. The number of hydrogen-bond donors (Lipinski definition) is 0. The van der Waals surface area contributed by atoms with Crippen LogP contribution in [-0.4, -0.2) is 37.2 Å². The van der Waals surface area contributed by atoms with Crippen molar-refractivity contribution in [1.29, 1.82) is 0 Å². The zero-order chi connectivity index (χ0) is 47.2. The van der Waals surface area contributed by atoms with Crippen molar-refractivity contribution in [3.63, 3.8) is 0 Å². The number of carbonyl (C=O) groups excluding carboxylic acids is 3. The van der Waals surface area contributed by atoms with Crippen LogP contribution in [0, 0.1) is 0 Å². The van der Waals surface area contributed by atoms with Crippen LogP contribution >= 0.6 is 0 Å². The van der Waals surface area contributed by atoms with Crippen LogP contribution in [0.15, 0.2) is 0 Å². The molecule has 0 fully saturated rings. The molecule has 1 atom stereocenters. The minimum absolute atomic E-state index is 0.0611. The molecule has 0 heterocycles. The highest BCUT2D eigenvalue weighted by molar-refractivity contribution is 5.71. The molecular weight excluding hydrogens is 805 g/mol. The second kappa shape index (κ2) is 55.0. The Balaban J connectivity index is 4.24. The molecule has 0 saturated carbocycles. The minimum Gasteiger partial charge on any atom is -0.462 e. The summed E-state index contributed by atoms with van der Waals surface area (Å²) in [4.78, 5) is 38.1. The second-order valence-electron chi connectivity index (χ2n) is 20.3. The fraction of sp³-hybridized carbons (Fsp3) is 0.949. The van der Waals surface area contributed by atoms with E-state index in [9.17, 15) is 14.4 Å². The van der Waals surface area contributed by atoms with E-state index in [-0.39, 0.29) is 31.1 Å². The summed E-state index contributed by atoms with van der Waals surface area (Å²) < 4.78 is 16.9. The van der Waals surface area contributed by atoms with Crippen molar-refractivity contribution in [2.75, 3.05) is 13.2 Å². The van der Waals surface area contributed by atoms with Crippen LogP contribution in [0.25, 0.3) is 0 Å². The van der Waals surface area contributed by atoms with Gasteiger partial charge in [-0.2, -0.15) is 0 Å². The zero-order valence-corrected chi connectivity index (χ0v) is 44.3. The molecule has 0 bridgehead atoms. The Labute approximate surface area is 406 Å². The number of ether oxygens (including phenoxy) is 3. The largest absolute Gasteiger partial charge is 0.462 e. The molecular formula is C59H114O6. The molecule has 0 saturated heterocycles. The van der Waals surface area contributed by atoms with Crippen LogP contribution in [0.1, 0.15) is 342 Å². The summed E-state index contributed by atoms with van der Waals surface area (Å²) in [5.41, 5.74) is 0. The molecule has 0 aliphatic rings. The molecule has 0 aromatic carbocycles. The second-order valence-corrected chi connectivity index (χ2v) is 20.3. The average molecular weight is 920 g/mol. The third kappa shape index (κ3) is 53.2. The molecule has 6 nitrogen and oxygen atoms in total. The average Bonchev–Trinajstić information content (AvgIpc) is 3.30. The van der Waals surface area contributed by atoms with Gasteiger partial charge in [0, 0.05) is 19.3 Å². The van der Waals surface area contributed by atoms with Crippen LogP contribution in [0.2, 0.25) is 0 Å². The van der Waals surface area contributed by atoms with Crippen LogP contribution in [0.3, 0.4) is 0 Å². The van der Waals surface area contributed by atoms with Gasteiger partial charge in [0.05, 0.1) is 0 Å². The van der Waals surface area contributed by atoms with Crippen molar-refractivity contribution in [3.05, 3.63) is 0 Å². The first-order valence-electron chi connectivity index (χ1n) is 29.5. The normalized spacial score (nSPS) is 11.9. The van der Waals surface area contributed by atoms with Crippen LogP contribution in [0.4, 0.5) is 0 Å². The Kier molecular flexibility index (Phi) is 53.7. The molecule has 0 aliphatic carbocycles. The van der Waals surface area contributed by atoms with Crippen molar-refractivity contribution < 1.29 is 28.6 Å². The SMILES string of the molecule is CCCCCCCCCCCCCCCCCCCCCC(=O)O[C@H](COC(=O)CCCCCCCCCCCCC)COC(=O)CCCCCCCCCCCCCCCCCCC. The summed E-state index contributed by atoms with van der Waals surface area (Å²) in [6, 6.07) is 0. The lowest BCUT2D eigenvalue weighted by atomic mass is 10.0. The van der Waals surface area contributed by atoms with Gasteiger partial charge in [0.2, 0.25) is 0 Å². The van der Waals surface area contributed by atoms with Gasteiger partial charge >= 0.3 is 17.9 Å². The Hall–Kier alpha value is -1.59. The summed E-state index contributed by atoms with van der Waals surface area (Å²) in [7, 11) is 0. The molecule has 386 valence electrons. The lowest BCUT2D eigenvalue weighted by Crippen LogP contribution is -2.30. The fourth-order valence-corrected chi connectivity index (χ4v) is 9.15. The molecule has 0 spiro atoms. The van der Waals surface area contributed by atoms with E-state index in [1.54, 1.807) is 0 Å². The number of hydrogen-bond acceptors (Lipinski definition) is 6. The van der Waals surface area contributed by atoms with Crippen molar-refractivity contribution in [1.82, 2.24) is 0 Å². The summed E-state index contributed by atoms with van der Waals surface area (Å²) >= 11 is 0. The molecule has 0 unspecified atom stereocenters. The van der Waals surface area contributed by atoms with Gasteiger partial charge in [0.25, 0.3) is 0 Å². The van der Waals surface area contributed by atoms with Crippen molar-refractivity contribution in [2.24, 2.45) is 0 Å². The predicted octanol–water partition coefficient (Wildman–Crippen LogP) is 19.5. The molecule has 0 radical (unpaired) electrons. The molecule has 0 amide bonds. The Morgan fingerprint density at radius 1 is 0.246 bits per heavy atom. The topological polar surface area (TPSA) is 78.9 Å². The van der Waals surface area contributed by atoms with Gasteiger partial charge in [-0.15, -0.1) is 0 Å². The molecule has 0 N–H and O–H groups in total.